The second kappa shape index (κ2) is 5.65. The molecule has 92 valence electrons. The fraction of sp³-hybridized carbons (Fsp3) is 0.133. The molecule has 0 aliphatic rings. The fourth-order valence-electron chi connectivity index (χ4n) is 1.59. The molecule has 3 heteroatoms. The van der Waals surface area contributed by atoms with E-state index in [1.807, 2.05) is 55.6 Å². The average Bonchev–Trinajstić information content (AvgIpc) is 2.84. The van der Waals surface area contributed by atoms with Gasteiger partial charge in [0, 0.05) is 16.6 Å². The molecule has 0 radical (unpaired) electrons. The van der Waals surface area contributed by atoms with Gasteiger partial charge < -0.3 is 5.32 Å². The number of rotatable bonds is 3. The van der Waals surface area contributed by atoms with E-state index in [1.165, 1.54) is 0 Å². The molecule has 0 aliphatic heterocycles. The Morgan fingerprint density at radius 1 is 1.28 bits per heavy atom. The Balaban J connectivity index is 2.05. The van der Waals surface area contributed by atoms with E-state index in [1.54, 1.807) is 17.4 Å². The molecule has 1 aromatic carbocycles. The van der Waals surface area contributed by atoms with Gasteiger partial charge >= 0.3 is 0 Å². The summed E-state index contributed by atoms with van der Waals surface area (Å²) in [6, 6.07) is 9.96. The normalized spacial score (nSPS) is 10.8. The molecule has 2 aromatic rings. The number of anilines is 1. The lowest BCUT2D eigenvalue weighted by Crippen LogP contribution is -2.08. The van der Waals surface area contributed by atoms with Crippen molar-refractivity contribution in [2.24, 2.45) is 0 Å². The minimum atomic E-state index is -0.0999. The van der Waals surface area contributed by atoms with E-state index < -0.39 is 0 Å². The van der Waals surface area contributed by atoms with Crippen molar-refractivity contribution in [2.45, 2.75) is 13.8 Å². The van der Waals surface area contributed by atoms with E-state index in [0.717, 1.165) is 21.7 Å². The monoisotopic (exact) mass is 257 g/mol. The Bertz CT molecular complexity index is 570. The molecule has 0 unspecified atom stereocenters. The maximum absolute atomic E-state index is 11.8. The van der Waals surface area contributed by atoms with Crippen LogP contribution in [0.25, 0.3) is 6.08 Å². The SMILES string of the molecule is Cc1ccc(C)c(NC(=O)/C=C/c2cccs2)c1. The first-order chi connectivity index (χ1) is 8.65. The summed E-state index contributed by atoms with van der Waals surface area (Å²) in [5.74, 6) is -0.0999. The second-order valence-electron chi connectivity index (χ2n) is 4.16. The number of carbonyl (C=O) groups is 1. The number of carbonyl (C=O) groups excluding carboxylic acids is 1. The molecule has 0 atom stereocenters. The van der Waals surface area contributed by atoms with Gasteiger partial charge in [-0.1, -0.05) is 18.2 Å². The minimum absolute atomic E-state index is 0.0999. The molecule has 0 spiro atoms. The lowest BCUT2D eigenvalue weighted by atomic mass is 10.1. The number of thiophene rings is 1. The van der Waals surface area contributed by atoms with Crippen LogP contribution in [-0.4, -0.2) is 5.91 Å². The Hall–Kier alpha value is -1.87. The van der Waals surface area contributed by atoms with Gasteiger partial charge in [-0.2, -0.15) is 0 Å². The Morgan fingerprint density at radius 3 is 2.83 bits per heavy atom. The molecular formula is C15H15NOS. The van der Waals surface area contributed by atoms with Crippen LogP contribution < -0.4 is 5.32 Å². The van der Waals surface area contributed by atoms with Crippen molar-refractivity contribution in [1.29, 1.82) is 0 Å². The molecule has 1 amide bonds. The predicted molar refractivity (Wildman–Crippen MR) is 77.9 cm³/mol. The number of benzene rings is 1. The minimum Gasteiger partial charge on any atom is -0.322 e. The lowest BCUT2D eigenvalue weighted by Gasteiger charge is -2.07. The zero-order chi connectivity index (χ0) is 13.0. The van der Waals surface area contributed by atoms with Crippen molar-refractivity contribution in [3.05, 3.63) is 57.8 Å². The smallest absolute Gasteiger partial charge is 0.248 e. The maximum Gasteiger partial charge on any atom is 0.248 e. The van der Waals surface area contributed by atoms with Crippen LogP contribution in [0.1, 0.15) is 16.0 Å². The van der Waals surface area contributed by atoms with Gasteiger partial charge in [0.05, 0.1) is 0 Å². The van der Waals surface area contributed by atoms with Gasteiger partial charge in [-0.05, 0) is 48.6 Å². The van der Waals surface area contributed by atoms with Gasteiger partial charge in [0.1, 0.15) is 0 Å². The summed E-state index contributed by atoms with van der Waals surface area (Å²) >= 11 is 1.61. The van der Waals surface area contributed by atoms with Crippen molar-refractivity contribution in [1.82, 2.24) is 0 Å². The first-order valence-corrected chi connectivity index (χ1v) is 6.63. The molecule has 0 saturated heterocycles. The number of hydrogen-bond donors (Lipinski definition) is 1. The van der Waals surface area contributed by atoms with E-state index in [2.05, 4.69) is 5.32 Å². The highest BCUT2D eigenvalue weighted by molar-refractivity contribution is 7.10. The number of hydrogen-bond acceptors (Lipinski definition) is 2. The summed E-state index contributed by atoms with van der Waals surface area (Å²) in [4.78, 5) is 12.9. The van der Waals surface area contributed by atoms with E-state index in [9.17, 15) is 4.79 Å². The summed E-state index contributed by atoms with van der Waals surface area (Å²) in [7, 11) is 0. The summed E-state index contributed by atoms with van der Waals surface area (Å²) < 4.78 is 0. The molecule has 18 heavy (non-hydrogen) atoms. The number of nitrogens with one attached hydrogen (secondary N) is 1. The van der Waals surface area contributed by atoms with E-state index >= 15 is 0 Å². The molecule has 0 bridgehead atoms. The van der Waals surface area contributed by atoms with E-state index in [-0.39, 0.29) is 5.91 Å². The zero-order valence-electron chi connectivity index (χ0n) is 10.4. The Morgan fingerprint density at radius 2 is 2.11 bits per heavy atom. The molecule has 1 aromatic heterocycles. The highest BCUT2D eigenvalue weighted by Crippen LogP contribution is 2.16. The van der Waals surface area contributed by atoms with Crippen molar-refractivity contribution in [3.8, 4) is 0 Å². The van der Waals surface area contributed by atoms with Gasteiger partial charge in [0.2, 0.25) is 5.91 Å². The van der Waals surface area contributed by atoms with Crippen LogP contribution in [0.4, 0.5) is 5.69 Å². The highest BCUT2D eigenvalue weighted by Gasteiger charge is 2.01. The topological polar surface area (TPSA) is 29.1 Å². The third-order valence-electron chi connectivity index (χ3n) is 2.59. The van der Waals surface area contributed by atoms with E-state index in [0.29, 0.717) is 0 Å². The Labute approximate surface area is 111 Å². The van der Waals surface area contributed by atoms with Gasteiger partial charge in [0.15, 0.2) is 0 Å². The Kier molecular flexibility index (Phi) is 3.95. The highest BCUT2D eigenvalue weighted by atomic mass is 32.1. The third kappa shape index (κ3) is 3.31. The first-order valence-electron chi connectivity index (χ1n) is 5.75. The first kappa shape index (κ1) is 12.6. The third-order valence-corrected chi connectivity index (χ3v) is 3.43. The molecule has 2 rings (SSSR count). The molecule has 1 heterocycles. The molecule has 0 fully saturated rings. The molecule has 0 saturated carbocycles. The number of aryl methyl sites for hydroxylation is 2. The molecule has 1 N–H and O–H groups in total. The van der Waals surface area contributed by atoms with Gasteiger partial charge in [0.25, 0.3) is 0 Å². The standard InChI is InChI=1S/C15H15NOS/c1-11-5-6-12(2)14(10-11)16-15(17)8-7-13-4-3-9-18-13/h3-10H,1-2H3,(H,16,17)/b8-7+. The largest absolute Gasteiger partial charge is 0.322 e. The average molecular weight is 257 g/mol. The van der Waals surface area contributed by atoms with Crippen LogP contribution in [0, 0.1) is 13.8 Å². The van der Waals surface area contributed by atoms with Crippen LogP contribution in [-0.2, 0) is 4.79 Å². The van der Waals surface area contributed by atoms with Gasteiger partial charge in [-0.15, -0.1) is 11.3 Å². The number of amides is 1. The maximum atomic E-state index is 11.8. The van der Waals surface area contributed by atoms with E-state index in [4.69, 9.17) is 0 Å². The quantitative estimate of drug-likeness (QED) is 0.827. The summed E-state index contributed by atoms with van der Waals surface area (Å²) in [6.07, 6.45) is 3.39. The van der Waals surface area contributed by atoms with Crippen LogP contribution in [0.5, 0.6) is 0 Å². The van der Waals surface area contributed by atoms with Crippen molar-refractivity contribution in [3.63, 3.8) is 0 Å². The molecule has 2 nitrogen and oxygen atoms in total. The van der Waals surface area contributed by atoms with Gasteiger partial charge in [-0.25, -0.2) is 0 Å². The molecular weight excluding hydrogens is 242 g/mol. The van der Waals surface area contributed by atoms with Gasteiger partial charge in [-0.3, -0.25) is 4.79 Å². The predicted octanol–water partition coefficient (Wildman–Crippen LogP) is 4.02. The lowest BCUT2D eigenvalue weighted by molar-refractivity contribution is -0.111. The summed E-state index contributed by atoms with van der Waals surface area (Å²) in [5.41, 5.74) is 3.08. The van der Waals surface area contributed by atoms with Crippen molar-refractivity contribution >= 4 is 29.0 Å². The van der Waals surface area contributed by atoms with Crippen LogP contribution >= 0.6 is 11.3 Å². The van der Waals surface area contributed by atoms with Crippen LogP contribution in [0.2, 0.25) is 0 Å². The van der Waals surface area contributed by atoms with Crippen molar-refractivity contribution < 1.29 is 4.79 Å². The zero-order valence-corrected chi connectivity index (χ0v) is 11.3. The van der Waals surface area contributed by atoms with Crippen LogP contribution in [0.3, 0.4) is 0 Å². The summed E-state index contributed by atoms with van der Waals surface area (Å²) in [6.45, 7) is 3.99. The van der Waals surface area contributed by atoms with Crippen LogP contribution in [0.15, 0.2) is 41.8 Å². The second-order valence-corrected chi connectivity index (χ2v) is 5.14. The van der Waals surface area contributed by atoms with Crippen molar-refractivity contribution in [2.75, 3.05) is 5.32 Å². The summed E-state index contributed by atoms with van der Waals surface area (Å²) in [5, 5.41) is 4.88. The molecule has 0 aliphatic carbocycles. The fourth-order valence-corrected chi connectivity index (χ4v) is 2.21.